The molecule has 0 spiro atoms. The largest absolute Gasteiger partial charge is 0.462 e. The Morgan fingerprint density at radius 2 is 1.88 bits per heavy atom. The van der Waals surface area contributed by atoms with Crippen molar-refractivity contribution in [2.45, 2.75) is 88.9 Å². The highest BCUT2D eigenvalue weighted by Gasteiger charge is 2.71. The first-order valence-electron chi connectivity index (χ1n) is 12.0. The molecule has 0 amide bonds. The number of hydrogen-bond donors (Lipinski definition) is 2. The summed E-state index contributed by atoms with van der Waals surface area (Å²) in [7, 11) is 0. The van der Waals surface area contributed by atoms with Crippen molar-refractivity contribution in [1.82, 2.24) is 0 Å². The Hall–Kier alpha value is -1.73. The average molecular weight is 447 g/mol. The lowest BCUT2D eigenvalue weighted by molar-refractivity contribution is -0.249. The molecule has 1 heterocycles. The second-order valence-electron chi connectivity index (χ2n) is 11.2. The van der Waals surface area contributed by atoms with E-state index in [1.807, 2.05) is 0 Å². The van der Waals surface area contributed by atoms with Crippen LogP contribution in [0.3, 0.4) is 0 Å². The molecule has 0 aromatic carbocycles. The standard InChI is InChI=1S/C25H34O7/c1-15(27)32-17-3-8-23(14-26)19-4-7-22(2)18(16-11-21(28)31-13-16)6-10-25(22,30)20(19)5-9-24(23,29)12-17/h11,14,17-20,29-30H,3-10,12-13H2,1-2H3/t17-,18+,19+,20-,22-,23+,24-,25-/m1/s1. The lowest BCUT2D eigenvalue weighted by atomic mass is 9.41. The number of esters is 2. The summed E-state index contributed by atoms with van der Waals surface area (Å²) in [6.07, 6.45) is 7.44. The molecule has 0 aromatic rings. The summed E-state index contributed by atoms with van der Waals surface area (Å²) in [5, 5.41) is 23.9. The van der Waals surface area contributed by atoms with Gasteiger partial charge in [-0.05, 0) is 74.7 Å². The minimum atomic E-state index is -1.22. The second kappa shape index (κ2) is 7.13. The van der Waals surface area contributed by atoms with Crippen LogP contribution in [0.15, 0.2) is 11.6 Å². The van der Waals surface area contributed by atoms with Crippen molar-refractivity contribution in [3.8, 4) is 0 Å². The Bertz CT molecular complexity index is 882. The first-order valence-corrected chi connectivity index (χ1v) is 12.0. The van der Waals surface area contributed by atoms with E-state index in [9.17, 15) is 24.6 Å². The highest BCUT2D eigenvalue weighted by molar-refractivity contribution is 5.85. The summed E-state index contributed by atoms with van der Waals surface area (Å²) in [6.45, 7) is 3.81. The maximum absolute atomic E-state index is 12.7. The number of cyclic esters (lactones) is 1. The Labute approximate surface area is 188 Å². The molecular formula is C25H34O7. The number of carbonyl (C=O) groups excluding carboxylic acids is 3. The molecular weight excluding hydrogens is 412 g/mol. The van der Waals surface area contributed by atoms with Crippen molar-refractivity contribution >= 4 is 18.2 Å². The maximum atomic E-state index is 12.7. The number of aldehydes is 1. The van der Waals surface area contributed by atoms with Crippen molar-refractivity contribution < 1.29 is 34.1 Å². The van der Waals surface area contributed by atoms with Crippen LogP contribution >= 0.6 is 0 Å². The van der Waals surface area contributed by atoms with Gasteiger partial charge in [0.25, 0.3) is 0 Å². The van der Waals surface area contributed by atoms with E-state index in [-0.39, 0.29) is 47.6 Å². The van der Waals surface area contributed by atoms with Crippen molar-refractivity contribution in [3.63, 3.8) is 0 Å². The van der Waals surface area contributed by atoms with Crippen LogP contribution in [0, 0.1) is 28.6 Å². The molecule has 2 N–H and O–H groups in total. The van der Waals surface area contributed by atoms with Crippen molar-refractivity contribution in [2.24, 2.45) is 28.6 Å². The van der Waals surface area contributed by atoms with E-state index in [1.165, 1.54) is 6.92 Å². The molecule has 1 aliphatic heterocycles. The minimum Gasteiger partial charge on any atom is -0.462 e. The van der Waals surface area contributed by atoms with E-state index in [4.69, 9.17) is 9.47 Å². The Morgan fingerprint density at radius 3 is 2.53 bits per heavy atom. The van der Waals surface area contributed by atoms with Crippen LogP contribution in [-0.4, -0.2) is 52.4 Å². The quantitative estimate of drug-likeness (QED) is 0.506. The Morgan fingerprint density at radius 1 is 1.12 bits per heavy atom. The normalized spacial score (nSPS) is 49.9. The molecule has 7 heteroatoms. The van der Waals surface area contributed by atoms with E-state index >= 15 is 0 Å². The lowest BCUT2D eigenvalue weighted by Gasteiger charge is -2.65. The summed E-state index contributed by atoms with van der Waals surface area (Å²) in [5.41, 5.74) is -2.50. The Balaban J connectivity index is 1.46. The van der Waals surface area contributed by atoms with Gasteiger partial charge in [-0.25, -0.2) is 4.79 Å². The number of hydrogen-bond acceptors (Lipinski definition) is 7. The molecule has 0 saturated heterocycles. The molecule has 32 heavy (non-hydrogen) atoms. The SMILES string of the molecule is CC(=O)O[C@@H]1CC[C@]2(C=O)[C@H]3CC[C@]4(C)[C@H](C5=CC(=O)OC5)CC[C@@]4(O)[C@@H]3CC[C@@]2(O)C1. The first kappa shape index (κ1) is 22.1. The summed E-state index contributed by atoms with van der Waals surface area (Å²) < 4.78 is 10.6. The van der Waals surface area contributed by atoms with E-state index in [0.717, 1.165) is 31.1 Å². The Kier molecular flexibility index (Phi) is 4.92. The molecule has 5 rings (SSSR count). The van der Waals surface area contributed by atoms with Gasteiger partial charge in [0.05, 0.1) is 16.6 Å². The predicted octanol–water partition coefficient (Wildman–Crippen LogP) is 2.47. The number of rotatable bonds is 3. The van der Waals surface area contributed by atoms with Gasteiger partial charge in [-0.3, -0.25) is 4.79 Å². The molecule has 7 nitrogen and oxygen atoms in total. The molecule has 0 unspecified atom stereocenters. The van der Waals surface area contributed by atoms with Gasteiger partial charge in [-0.2, -0.15) is 0 Å². The minimum absolute atomic E-state index is 0.0828. The maximum Gasteiger partial charge on any atom is 0.331 e. The zero-order valence-electron chi connectivity index (χ0n) is 19.0. The average Bonchev–Trinajstić information content (AvgIpc) is 3.27. The van der Waals surface area contributed by atoms with Crippen LogP contribution in [0.2, 0.25) is 0 Å². The van der Waals surface area contributed by atoms with Gasteiger partial charge in [-0.1, -0.05) is 6.92 Å². The summed E-state index contributed by atoms with van der Waals surface area (Å²) in [4.78, 5) is 35.8. The van der Waals surface area contributed by atoms with Gasteiger partial charge in [0.2, 0.25) is 0 Å². The van der Waals surface area contributed by atoms with Crippen molar-refractivity contribution in [2.75, 3.05) is 6.61 Å². The number of ether oxygens (including phenoxy) is 2. The number of fused-ring (bicyclic) bond motifs is 5. The van der Waals surface area contributed by atoms with Crippen LogP contribution in [0.5, 0.6) is 0 Å². The lowest BCUT2D eigenvalue weighted by Crippen LogP contribution is -2.69. The second-order valence-corrected chi connectivity index (χ2v) is 11.2. The molecule has 4 saturated carbocycles. The molecule has 0 bridgehead atoms. The highest BCUT2D eigenvalue weighted by atomic mass is 16.5. The monoisotopic (exact) mass is 446 g/mol. The molecule has 0 radical (unpaired) electrons. The number of aliphatic hydroxyl groups is 2. The van der Waals surface area contributed by atoms with Gasteiger partial charge in [0, 0.05) is 24.8 Å². The topological polar surface area (TPSA) is 110 Å². The van der Waals surface area contributed by atoms with E-state index in [1.54, 1.807) is 6.08 Å². The molecule has 8 atom stereocenters. The van der Waals surface area contributed by atoms with E-state index < -0.39 is 16.6 Å². The summed E-state index contributed by atoms with van der Waals surface area (Å²) in [6, 6.07) is 0. The molecule has 176 valence electrons. The van der Waals surface area contributed by atoms with Crippen LogP contribution in [-0.2, 0) is 23.9 Å². The van der Waals surface area contributed by atoms with Gasteiger partial charge < -0.3 is 24.5 Å². The fourth-order valence-corrected chi connectivity index (χ4v) is 8.65. The molecule has 0 aromatic heterocycles. The third-order valence-corrected chi connectivity index (χ3v) is 10.2. The smallest absolute Gasteiger partial charge is 0.331 e. The third kappa shape index (κ3) is 2.76. The van der Waals surface area contributed by atoms with Gasteiger partial charge in [0.1, 0.15) is 19.0 Å². The van der Waals surface area contributed by atoms with Gasteiger partial charge in [-0.15, -0.1) is 0 Å². The highest BCUT2D eigenvalue weighted by Crippen LogP contribution is 2.70. The van der Waals surface area contributed by atoms with E-state index in [2.05, 4.69) is 6.92 Å². The fraction of sp³-hybridized carbons (Fsp3) is 0.800. The fourth-order valence-electron chi connectivity index (χ4n) is 8.65. The first-order chi connectivity index (χ1) is 15.1. The molecule has 5 aliphatic rings. The molecule has 4 aliphatic carbocycles. The third-order valence-electron chi connectivity index (χ3n) is 10.2. The van der Waals surface area contributed by atoms with Gasteiger partial charge in [0.15, 0.2) is 0 Å². The zero-order valence-corrected chi connectivity index (χ0v) is 19.0. The van der Waals surface area contributed by atoms with Crippen LogP contribution < -0.4 is 0 Å². The van der Waals surface area contributed by atoms with Crippen LogP contribution in [0.25, 0.3) is 0 Å². The van der Waals surface area contributed by atoms with E-state index in [0.29, 0.717) is 38.7 Å². The van der Waals surface area contributed by atoms with Crippen molar-refractivity contribution in [1.29, 1.82) is 0 Å². The summed E-state index contributed by atoms with van der Waals surface area (Å²) in [5.74, 6) is -0.772. The number of carbonyl (C=O) groups is 3. The van der Waals surface area contributed by atoms with Crippen LogP contribution in [0.4, 0.5) is 0 Å². The predicted molar refractivity (Wildman–Crippen MR) is 113 cm³/mol. The summed E-state index contributed by atoms with van der Waals surface area (Å²) >= 11 is 0. The van der Waals surface area contributed by atoms with Crippen LogP contribution in [0.1, 0.15) is 71.6 Å². The molecule has 4 fully saturated rings. The zero-order chi connectivity index (χ0) is 22.9. The van der Waals surface area contributed by atoms with Crippen molar-refractivity contribution in [3.05, 3.63) is 11.6 Å². The van der Waals surface area contributed by atoms with Gasteiger partial charge >= 0.3 is 11.9 Å².